The topological polar surface area (TPSA) is 49.4 Å². The Balaban J connectivity index is 2.08. The zero-order valence-corrected chi connectivity index (χ0v) is 19.2. The van der Waals surface area contributed by atoms with Crippen molar-refractivity contribution in [3.63, 3.8) is 0 Å². The van der Waals surface area contributed by atoms with E-state index in [9.17, 15) is 9.59 Å². The number of nitrogens with one attached hydrogen (secondary N) is 1. The molecule has 0 aliphatic rings. The van der Waals surface area contributed by atoms with Crippen LogP contribution in [0, 0.1) is 6.92 Å². The van der Waals surface area contributed by atoms with E-state index in [-0.39, 0.29) is 11.8 Å². The predicted molar refractivity (Wildman–Crippen MR) is 126 cm³/mol. The van der Waals surface area contributed by atoms with Gasteiger partial charge in [0, 0.05) is 30.2 Å². The maximum Gasteiger partial charge on any atom is 0.242 e. The highest BCUT2D eigenvalue weighted by atomic mass is 32.2. The monoisotopic (exact) mass is 426 g/mol. The standard InChI is InChI=1S/C25H34N2O2S/c1-4-6-17-26-25(29)23(5-2)27(19-21-14-12-20(3)13-15-21)24(28)16-18-30-22-10-8-7-9-11-22/h7-15,23H,4-6,16-19H2,1-3H3,(H,26,29). The Morgan fingerprint density at radius 3 is 2.37 bits per heavy atom. The molecular formula is C25H34N2O2S. The Kier molecular flexibility index (Phi) is 10.5. The summed E-state index contributed by atoms with van der Waals surface area (Å²) in [6.07, 6.45) is 2.98. The minimum Gasteiger partial charge on any atom is -0.354 e. The average molecular weight is 427 g/mol. The number of benzene rings is 2. The van der Waals surface area contributed by atoms with Gasteiger partial charge < -0.3 is 10.2 Å². The summed E-state index contributed by atoms with van der Waals surface area (Å²) in [4.78, 5) is 28.9. The van der Waals surface area contributed by atoms with Crippen LogP contribution in [0.15, 0.2) is 59.5 Å². The highest BCUT2D eigenvalue weighted by molar-refractivity contribution is 7.99. The molecule has 0 spiro atoms. The Bertz CT molecular complexity index is 777. The van der Waals surface area contributed by atoms with Gasteiger partial charge in [0.1, 0.15) is 6.04 Å². The molecule has 0 fully saturated rings. The third-order valence-electron chi connectivity index (χ3n) is 5.02. The largest absolute Gasteiger partial charge is 0.354 e. The molecule has 2 aromatic carbocycles. The van der Waals surface area contributed by atoms with Crippen LogP contribution in [0.25, 0.3) is 0 Å². The number of nitrogens with zero attached hydrogens (tertiary/aromatic N) is 1. The second kappa shape index (κ2) is 13.1. The molecule has 0 radical (unpaired) electrons. The number of carbonyl (C=O) groups excluding carboxylic acids is 2. The van der Waals surface area contributed by atoms with Crippen molar-refractivity contribution in [2.75, 3.05) is 12.3 Å². The summed E-state index contributed by atoms with van der Waals surface area (Å²) in [5.74, 6) is 0.667. The van der Waals surface area contributed by atoms with Gasteiger partial charge >= 0.3 is 0 Å². The fraction of sp³-hybridized carbons (Fsp3) is 0.440. The number of carbonyl (C=O) groups is 2. The normalized spacial score (nSPS) is 11.7. The molecule has 0 bridgehead atoms. The molecule has 30 heavy (non-hydrogen) atoms. The number of hydrogen-bond donors (Lipinski definition) is 1. The van der Waals surface area contributed by atoms with Gasteiger partial charge in [0.2, 0.25) is 11.8 Å². The highest BCUT2D eigenvalue weighted by Gasteiger charge is 2.28. The summed E-state index contributed by atoms with van der Waals surface area (Å²) in [6, 6.07) is 17.8. The summed E-state index contributed by atoms with van der Waals surface area (Å²) in [6.45, 7) is 7.22. The molecule has 1 unspecified atom stereocenters. The summed E-state index contributed by atoms with van der Waals surface area (Å²) in [7, 11) is 0. The van der Waals surface area contributed by atoms with E-state index in [1.165, 1.54) is 5.56 Å². The van der Waals surface area contributed by atoms with Gasteiger partial charge in [-0.15, -0.1) is 11.8 Å². The summed E-state index contributed by atoms with van der Waals surface area (Å²) in [5.41, 5.74) is 2.23. The van der Waals surface area contributed by atoms with Gasteiger partial charge in [-0.2, -0.15) is 0 Å². The van der Waals surface area contributed by atoms with Gasteiger partial charge in [-0.25, -0.2) is 0 Å². The fourth-order valence-corrected chi connectivity index (χ4v) is 4.09. The van der Waals surface area contributed by atoms with Gasteiger partial charge in [0.15, 0.2) is 0 Å². The SMILES string of the molecule is CCCCNC(=O)C(CC)N(Cc1ccc(C)cc1)C(=O)CCSc1ccccc1. The van der Waals surface area contributed by atoms with Crippen molar-refractivity contribution < 1.29 is 9.59 Å². The molecule has 1 N–H and O–H groups in total. The van der Waals surface area contributed by atoms with E-state index < -0.39 is 6.04 Å². The van der Waals surface area contributed by atoms with Crippen LogP contribution < -0.4 is 5.32 Å². The molecule has 162 valence electrons. The van der Waals surface area contributed by atoms with Crippen molar-refractivity contribution in [2.45, 2.75) is 63.9 Å². The molecule has 2 rings (SSSR count). The van der Waals surface area contributed by atoms with Crippen molar-refractivity contribution in [2.24, 2.45) is 0 Å². The molecule has 0 aliphatic carbocycles. The molecule has 5 heteroatoms. The van der Waals surface area contributed by atoms with Crippen LogP contribution in [-0.4, -0.2) is 35.1 Å². The zero-order valence-electron chi connectivity index (χ0n) is 18.4. The van der Waals surface area contributed by atoms with Crippen LogP contribution in [0.5, 0.6) is 0 Å². The number of thioether (sulfide) groups is 1. The minimum absolute atomic E-state index is 0.0245. The van der Waals surface area contributed by atoms with Crippen molar-refractivity contribution in [1.29, 1.82) is 0 Å². The van der Waals surface area contributed by atoms with Crippen LogP contribution in [0.4, 0.5) is 0 Å². The highest BCUT2D eigenvalue weighted by Crippen LogP contribution is 2.20. The first-order valence-electron chi connectivity index (χ1n) is 10.9. The van der Waals surface area contributed by atoms with Crippen molar-refractivity contribution in [1.82, 2.24) is 10.2 Å². The maximum absolute atomic E-state index is 13.2. The van der Waals surface area contributed by atoms with Gasteiger partial charge in [-0.1, -0.05) is 68.3 Å². The average Bonchev–Trinajstić information content (AvgIpc) is 2.76. The van der Waals surface area contributed by atoms with E-state index in [1.807, 2.05) is 56.3 Å². The summed E-state index contributed by atoms with van der Waals surface area (Å²) in [5, 5.41) is 3.01. The minimum atomic E-state index is -0.447. The number of aryl methyl sites for hydroxylation is 1. The van der Waals surface area contributed by atoms with Gasteiger partial charge in [0.05, 0.1) is 0 Å². The lowest BCUT2D eigenvalue weighted by Gasteiger charge is -2.30. The molecule has 0 aliphatic heterocycles. The number of rotatable bonds is 12. The van der Waals surface area contributed by atoms with Crippen molar-refractivity contribution in [3.05, 3.63) is 65.7 Å². The van der Waals surface area contributed by atoms with E-state index in [0.717, 1.165) is 23.3 Å². The molecule has 1 atom stereocenters. The van der Waals surface area contributed by atoms with E-state index in [0.29, 0.717) is 31.7 Å². The zero-order chi connectivity index (χ0) is 21.8. The van der Waals surface area contributed by atoms with E-state index in [2.05, 4.69) is 24.4 Å². The lowest BCUT2D eigenvalue weighted by atomic mass is 10.1. The fourth-order valence-electron chi connectivity index (χ4n) is 3.23. The Morgan fingerprint density at radius 1 is 1.03 bits per heavy atom. The molecule has 4 nitrogen and oxygen atoms in total. The van der Waals surface area contributed by atoms with Crippen LogP contribution in [0.2, 0.25) is 0 Å². The molecule has 2 aromatic rings. The van der Waals surface area contributed by atoms with Gasteiger partial charge in [0.25, 0.3) is 0 Å². The summed E-state index contributed by atoms with van der Waals surface area (Å²) < 4.78 is 0. The molecule has 0 aromatic heterocycles. The predicted octanol–water partition coefficient (Wildman–Crippen LogP) is 5.20. The smallest absolute Gasteiger partial charge is 0.242 e. The van der Waals surface area contributed by atoms with Crippen LogP contribution in [-0.2, 0) is 16.1 Å². The molecular weight excluding hydrogens is 392 g/mol. The van der Waals surface area contributed by atoms with E-state index in [4.69, 9.17) is 0 Å². The van der Waals surface area contributed by atoms with Crippen LogP contribution in [0.1, 0.15) is 50.7 Å². The lowest BCUT2D eigenvalue weighted by molar-refractivity contribution is -0.141. The first kappa shape index (κ1) is 24.0. The molecule has 0 saturated carbocycles. The first-order valence-corrected chi connectivity index (χ1v) is 11.8. The third kappa shape index (κ3) is 7.86. The number of unbranched alkanes of at least 4 members (excludes halogenated alkanes) is 1. The van der Waals surface area contributed by atoms with Crippen LogP contribution >= 0.6 is 11.8 Å². The Hall–Kier alpha value is -2.27. The molecule has 0 saturated heterocycles. The first-order chi connectivity index (χ1) is 14.5. The van der Waals surface area contributed by atoms with E-state index in [1.54, 1.807) is 16.7 Å². The Morgan fingerprint density at radius 2 is 1.73 bits per heavy atom. The van der Waals surface area contributed by atoms with Crippen molar-refractivity contribution >= 4 is 23.6 Å². The van der Waals surface area contributed by atoms with Gasteiger partial charge in [-0.3, -0.25) is 9.59 Å². The quantitative estimate of drug-likeness (QED) is 0.375. The lowest BCUT2D eigenvalue weighted by Crippen LogP contribution is -2.49. The molecule has 2 amide bonds. The second-order valence-electron chi connectivity index (χ2n) is 7.49. The van der Waals surface area contributed by atoms with Crippen LogP contribution in [0.3, 0.4) is 0 Å². The molecule has 0 heterocycles. The maximum atomic E-state index is 13.2. The third-order valence-corrected chi connectivity index (χ3v) is 6.03. The Labute approximate surface area is 185 Å². The number of hydrogen-bond acceptors (Lipinski definition) is 3. The summed E-state index contributed by atoms with van der Waals surface area (Å²) >= 11 is 1.67. The second-order valence-corrected chi connectivity index (χ2v) is 8.66. The van der Waals surface area contributed by atoms with Crippen molar-refractivity contribution in [3.8, 4) is 0 Å². The number of amides is 2. The van der Waals surface area contributed by atoms with E-state index >= 15 is 0 Å². The van der Waals surface area contributed by atoms with Gasteiger partial charge in [-0.05, 0) is 37.5 Å².